The molecule has 1 aliphatic carbocycles. The number of rotatable bonds is 2. The van der Waals surface area contributed by atoms with Crippen molar-refractivity contribution in [3.8, 4) is 0 Å². The molecule has 1 N–H and O–H groups in total. The van der Waals surface area contributed by atoms with E-state index in [2.05, 4.69) is 10.2 Å². The Labute approximate surface area is 106 Å². The van der Waals surface area contributed by atoms with E-state index in [9.17, 15) is 0 Å². The zero-order chi connectivity index (χ0) is 11.5. The van der Waals surface area contributed by atoms with Crippen LogP contribution in [0.25, 0.3) is 0 Å². The standard InChI is InChI=1S/C15H28N2/c1-2-6-15-12-17(9-7-14(15)5-1)11-13-4-3-8-16-10-13/h13-16H,1-12H2/t13-,14-,15+/m1/s1. The van der Waals surface area contributed by atoms with Crippen molar-refractivity contribution < 1.29 is 0 Å². The van der Waals surface area contributed by atoms with Gasteiger partial charge in [-0.1, -0.05) is 19.3 Å². The number of piperidine rings is 2. The molecule has 2 aliphatic heterocycles. The number of nitrogens with zero attached hydrogens (tertiary/aromatic N) is 1. The number of hydrogen-bond acceptors (Lipinski definition) is 2. The Morgan fingerprint density at radius 3 is 2.65 bits per heavy atom. The van der Waals surface area contributed by atoms with Gasteiger partial charge in [-0.2, -0.15) is 0 Å². The molecule has 3 fully saturated rings. The number of fused-ring (bicyclic) bond motifs is 1. The summed E-state index contributed by atoms with van der Waals surface area (Å²) in [6.45, 7) is 6.70. The van der Waals surface area contributed by atoms with E-state index in [1.54, 1.807) is 0 Å². The average molecular weight is 236 g/mol. The van der Waals surface area contributed by atoms with Crippen LogP contribution in [-0.4, -0.2) is 37.6 Å². The molecule has 3 atom stereocenters. The number of hydrogen-bond donors (Lipinski definition) is 1. The zero-order valence-electron chi connectivity index (χ0n) is 11.2. The van der Waals surface area contributed by atoms with Crippen LogP contribution in [0, 0.1) is 17.8 Å². The number of likely N-dealkylation sites (tertiary alicyclic amines) is 1. The minimum Gasteiger partial charge on any atom is -0.316 e. The molecule has 1 saturated carbocycles. The van der Waals surface area contributed by atoms with Crippen molar-refractivity contribution in [2.75, 3.05) is 32.7 Å². The Hall–Kier alpha value is -0.0800. The van der Waals surface area contributed by atoms with Crippen LogP contribution in [0.15, 0.2) is 0 Å². The van der Waals surface area contributed by atoms with Crippen molar-refractivity contribution in [3.05, 3.63) is 0 Å². The highest BCUT2D eigenvalue weighted by Gasteiger charge is 2.31. The molecule has 17 heavy (non-hydrogen) atoms. The van der Waals surface area contributed by atoms with Crippen LogP contribution in [0.1, 0.15) is 44.9 Å². The first-order valence-corrected chi connectivity index (χ1v) is 7.85. The second kappa shape index (κ2) is 5.71. The highest BCUT2D eigenvalue weighted by Crippen LogP contribution is 2.36. The minimum atomic E-state index is 0.934. The van der Waals surface area contributed by atoms with Crippen LogP contribution in [0.2, 0.25) is 0 Å². The molecule has 0 spiro atoms. The third-order valence-electron chi connectivity index (χ3n) is 5.29. The maximum Gasteiger partial charge on any atom is 0.00219 e. The van der Waals surface area contributed by atoms with Gasteiger partial charge in [-0.15, -0.1) is 0 Å². The molecule has 0 bridgehead atoms. The molecule has 0 aromatic rings. The monoisotopic (exact) mass is 236 g/mol. The first-order chi connectivity index (χ1) is 8.42. The Morgan fingerprint density at radius 2 is 1.82 bits per heavy atom. The maximum absolute atomic E-state index is 3.55. The van der Waals surface area contributed by atoms with E-state index in [1.165, 1.54) is 77.7 Å². The first-order valence-electron chi connectivity index (χ1n) is 7.85. The van der Waals surface area contributed by atoms with Crippen molar-refractivity contribution in [1.29, 1.82) is 0 Å². The molecule has 2 saturated heterocycles. The molecule has 0 aromatic carbocycles. The molecular weight excluding hydrogens is 208 g/mol. The van der Waals surface area contributed by atoms with Gasteiger partial charge < -0.3 is 10.2 Å². The molecule has 3 aliphatic rings. The molecule has 2 heterocycles. The summed E-state index contributed by atoms with van der Waals surface area (Å²) >= 11 is 0. The van der Waals surface area contributed by atoms with E-state index in [-0.39, 0.29) is 0 Å². The average Bonchev–Trinajstić information content (AvgIpc) is 2.40. The van der Waals surface area contributed by atoms with E-state index in [0.29, 0.717) is 0 Å². The summed E-state index contributed by atoms with van der Waals surface area (Å²) < 4.78 is 0. The first kappa shape index (κ1) is 12.0. The van der Waals surface area contributed by atoms with Gasteiger partial charge in [-0.3, -0.25) is 0 Å². The minimum absolute atomic E-state index is 0.934. The van der Waals surface area contributed by atoms with Gasteiger partial charge in [0.05, 0.1) is 0 Å². The predicted octanol–water partition coefficient (Wildman–Crippen LogP) is 2.50. The highest BCUT2D eigenvalue weighted by molar-refractivity contribution is 4.85. The number of nitrogens with one attached hydrogen (secondary N) is 1. The van der Waals surface area contributed by atoms with Crippen LogP contribution >= 0.6 is 0 Å². The summed E-state index contributed by atoms with van der Waals surface area (Å²) in [7, 11) is 0. The molecule has 3 rings (SSSR count). The topological polar surface area (TPSA) is 15.3 Å². The van der Waals surface area contributed by atoms with Crippen LogP contribution in [-0.2, 0) is 0 Å². The van der Waals surface area contributed by atoms with E-state index in [1.807, 2.05) is 0 Å². The maximum atomic E-state index is 3.55. The van der Waals surface area contributed by atoms with E-state index in [0.717, 1.165) is 17.8 Å². The molecule has 0 aromatic heterocycles. The second-order valence-corrected chi connectivity index (χ2v) is 6.57. The second-order valence-electron chi connectivity index (χ2n) is 6.57. The van der Waals surface area contributed by atoms with Crippen molar-refractivity contribution in [1.82, 2.24) is 10.2 Å². The third-order valence-corrected chi connectivity index (χ3v) is 5.29. The van der Waals surface area contributed by atoms with Crippen molar-refractivity contribution >= 4 is 0 Å². The smallest absolute Gasteiger partial charge is 0.00219 e. The molecule has 2 heteroatoms. The normalized spacial score (nSPS) is 39.9. The molecule has 98 valence electrons. The van der Waals surface area contributed by atoms with Gasteiger partial charge in [0, 0.05) is 13.1 Å². The quantitative estimate of drug-likeness (QED) is 0.792. The predicted molar refractivity (Wildman–Crippen MR) is 72.1 cm³/mol. The van der Waals surface area contributed by atoms with E-state index in [4.69, 9.17) is 0 Å². The summed E-state index contributed by atoms with van der Waals surface area (Å²) in [5.74, 6) is 3.07. The van der Waals surface area contributed by atoms with Crippen LogP contribution in [0.5, 0.6) is 0 Å². The van der Waals surface area contributed by atoms with Crippen molar-refractivity contribution in [2.45, 2.75) is 44.9 Å². The Bertz CT molecular complexity index is 233. The molecule has 0 amide bonds. The summed E-state index contributed by atoms with van der Waals surface area (Å²) in [5.41, 5.74) is 0. The largest absolute Gasteiger partial charge is 0.316 e. The van der Waals surface area contributed by atoms with Crippen LogP contribution in [0.3, 0.4) is 0 Å². The molecule has 0 radical (unpaired) electrons. The van der Waals surface area contributed by atoms with Gasteiger partial charge in [0.15, 0.2) is 0 Å². The summed E-state index contributed by atoms with van der Waals surface area (Å²) in [5, 5.41) is 3.55. The third kappa shape index (κ3) is 3.03. The Morgan fingerprint density at radius 1 is 0.941 bits per heavy atom. The summed E-state index contributed by atoms with van der Waals surface area (Å²) in [4.78, 5) is 2.78. The lowest BCUT2D eigenvalue weighted by atomic mass is 9.75. The van der Waals surface area contributed by atoms with Crippen molar-refractivity contribution in [2.24, 2.45) is 17.8 Å². The van der Waals surface area contributed by atoms with E-state index >= 15 is 0 Å². The Balaban J connectivity index is 1.48. The Kier molecular flexibility index (Phi) is 4.02. The van der Waals surface area contributed by atoms with Crippen molar-refractivity contribution in [3.63, 3.8) is 0 Å². The molecule has 0 unspecified atom stereocenters. The highest BCUT2D eigenvalue weighted by atomic mass is 15.1. The van der Waals surface area contributed by atoms with E-state index < -0.39 is 0 Å². The summed E-state index contributed by atoms with van der Waals surface area (Å²) in [6, 6.07) is 0. The fourth-order valence-corrected chi connectivity index (χ4v) is 4.29. The van der Waals surface area contributed by atoms with Gasteiger partial charge >= 0.3 is 0 Å². The summed E-state index contributed by atoms with van der Waals surface area (Å²) in [6.07, 6.45) is 10.4. The van der Waals surface area contributed by atoms with Gasteiger partial charge in [-0.05, 0) is 63.1 Å². The SMILES string of the molecule is C1CNC[C@H](CN2CC[C@H]3CCCC[C@H]3C2)C1. The van der Waals surface area contributed by atoms with Gasteiger partial charge in [0.25, 0.3) is 0 Å². The lowest BCUT2D eigenvalue weighted by molar-refractivity contribution is 0.0722. The lowest BCUT2D eigenvalue weighted by Gasteiger charge is -2.42. The lowest BCUT2D eigenvalue weighted by Crippen LogP contribution is -2.45. The fourth-order valence-electron chi connectivity index (χ4n) is 4.29. The van der Waals surface area contributed by atoms with Gasteiger partial charge in [-0.25, -0.2) is 0 Å². The van der Waals surface area contributed by atoms with Crippen LogP contribution in [0.4, 0.5) is 0 Å². The molecular formula is C15H28N2. The van der Waals surface area contributed by atoms with Gasteiger partial charge in [0.2, 0.25) is 0 Å². The zero-order valence-corrected chi connectivity index (χ0v) is 11.2. The van der Waals surface area contributed by atoms with Gasteiger partial charge in [0.1, 0.15) is 0 Å². The van der Waals surface area contributed by atoms with Crippen LogP contribution < -0.4 is 5.32 Å². The molecule has 2 nitrogen and oxygen atoms in total. The fraction of sp³-hybridized carbons (Fsp3) is 1.00.